The van der Waals surface area contributed by atoms with E-state index < -0.39 is 0 Å². The number of nitrogens with zero attached hydrogens (tertiary/aromatic N) is 1. The monoisotopic (exact) mass is 324 g/mol. The average Bonchev–Trinajstić information content (AvgIpc) is 3.05. The van der Waals surface area contributed by atoms with E-state index in [0.29, 0.717) is 0 Å². The summed E-state index contributed by atoms with van der Waals surface area (Å²) >= 11 is 0. The summed E-state index contributed by atoms with van der Waals surface area (Å²) in [5.74, 6) is 0.826. The Hall–Kier alpha value is -2.49. The zero-order valence-corrected chi connectivity index (χ0v) is 14.5. The number of carbonyl (C=O) groups is 1. The van der Waals surface area contributed by atoms with Gasteiger partial charge >= 0.3 is 6.03 Å². The summed E-state index contributed by atoms with van der Waals surface area (Å²) in [4.78, 5) is 14.7. The van der Waals surface area contributed by atoms with E-state index >= 15 is 0 Å². The number of rotatable bonds is 3. The minimum absolute atomic E-state index is 0.0367. The van der Waals surface area contributed by atoms with Gasteiger partial charge in [-0.2, -0.15) is 0 Å². The molecule has 1 N–H and O–H groups in total. The molecule has 4 heteroatoms. The lowest BCUT2D eigenvalue weighted by molar-refractivity contribution is 0.207. The van der Waals surface area contributed by atoms with Crippen molar-refractivity contribution in [2.75, 3.05) is 19.0 Å². The molecule has 1 aliphatic heterocycles. The Morgan fingerprint density at radius 1 is 1.17 bits per heavy atom. The smallest absolute Gasteiger partial charge is 0.322 e. The standard InChI is InChI=1S/C20H24N2O2/c1-14-7-4-5-8-17(14)18-9-6-12-22(18)20(23)21-16-10-11-19(24-3)15(2)13-16/h4-5,7-8,10-11,13,18H,6,9,12H2,1-3H3,(H,21,23). The van der Waals surface area contributed by atoms with Crippen LogP contribution in [0.1, 0.15) is 35.6 Å². The summed E-state index contributed by atoms with van der Waals surface area (Å²) < 4.78 is 5.27. The van der Waals surface area contributed by atoms with Gasteiger partial charge in [-0.25, -0.2) is 4.79 Å². The molecule has 1 saturated heterocycles. The van der Waals surface area contributed by atoms with Crippen LogP contribution in [-0.4, -0.2) is 24.6 Å². The fraction of sp³-hybridized carbons (Fsp3) is 0.350. The molecule has 4 nitrogen and oxygen atoms in total. The molecule has 0 aliphatic carbocycles. The van der Waals surface area contributed by atoms with Crippen LogP contribution in [0.25, 0.3) is 0 Å². The third kappa shape index (κ3) is 3.23. The van der Waals surface area contributed by atoms with Crippen LogP contribution in [-0.2, 0) is 0 Å². The first-order valence-corrected chi connectivity index (χ1v) is 8.38. The van der Waals surface area contributed by atoms with Crippen molar-refractivity contribution in [3.05, 3.63) is 59.2 Å². The van der Waals surface area contributed by atoms with Gasteiger partial charge < -0.3 is 15.0 Å². The van der Waals surface area contributed by atoms with Gasteiger partial charge in [0.15, 0.2) is 0 Å². The molecule has 2 aromatic carbocycles. The van der Waals surface area contributed by atoms with E-state index in [1.54, 1.807) is 7.11 Å². The number of methoxy groups -OCH3 is 1. The first kappa shape index (κ1) is 16.4. The van der Waals surface area contributed by atoms with Gasteiger partial charge in [-0.15, -0.1) is 0 Å². The molecule has 1 heterocycles. The molecule has 0 radical (unpaired) electrons. The minimum Gasteiger partial charge on any atom is -0.496 e. The second-order valence-electron chi connectivity index (χ2n) is 6.32. The van der Waals surface area contributed by atoms with Crippen molar-refractivity contribution in [3.63, 3.8) is 0 Å². The van der Waals surface area contributed by atoms with Crippen LogP contribution in [0, 0.1) is 13.8 Å². The van der Waals surface area contributed by atoms with E-state index in [1.807, 2.05) is 42.2 Å². The van der Waals surface area contributed by atoms with Gasteiger partial charge in [0.25, 0.3) is 0 Å². The SMILES string of the molecule is COc1ccc(NC(=O)N2CCCC2c2ccccc2C)cc1C. The molecule has 24 heavy (non-hydrogen) atoms. The van der Waals surface area contributed by atoms with Crippen molar-refractivity contribution in [1.82, 2.24) is 4.90 Å². The quantitative estimate of drug-likeness (QED) is 0.890. The van der Waals surface area contributed by atoms with Crippen molar-refractivity contribution in [2.45, 2.75) is 32.7 Å². The van der Waals surface area contributed by atoms with Gasteiger partial charge in [0, 0.05) is 12.2 Å². The highest BCUT2D eigenvalue weighted by Gasteiger charge is 2.30. The van der Waals surface area contributed by atoms with Gasteiger partial charge in [0.2, 0.25) is 0 Å². The summed E-state index contributed by atoms with van der Waals surface area (Å²) in [6.45, 7) is 4.87. The molecular weight excluding hydrogens is 300 g/mol. The first-order chi connectivity index (χ1) is 11.6. The van der Waals surface area contributed by atoms with Gasteiger partial charge in [-0.05, 0) is 61.6 Å². The Labute approximate surface area is 143 Å². The lowest BCUT2D eigenvalue weighted by atomic mass is 9.99. The Kier molecular flexibility index (Phi) is 4.74. The normalized spacial score (nSPS) is 17.0. The molecule has 0 aromatic heterocycles. The van der Waals surface area contributed by atoms with Crippen LogP contribution in [0.3, 0.4) is 0 Å². The maximum Gasteiger partial charge on any atom is 0.322 e. The second-order valence-corrected chi connectivity index (χ2v) is 6.32. The van der Waals surface area contributed by atoms with Crippen LogP contribution in [0.5, 0.6) is 5.75 Å². The molecular formula is C20H24N2O2. The fourth-order valence-corrected chi connectivity index (χ4v) is 3.45. The number of nitrogens with one attached hydrogen (secondary N) is 1. The van der Waals surface area contributed by atoms with Crippen LogP contribution in [0.4, 0.5) is 10.5 Å². The number of hydrogen-bond donors (Lipinski definition) is 1. The highest BCUT2D eigenvalue weighted by molar-refractivity contribution is 5.90. The number of hydrogen-bond acceptors (Lipinski definition) is 2. The van der Waals surface area contributed by atoms with Gasteiger partial charge in [-0.1, -0.05) is 24.3 Å². The molecule has 2 aromatic rings. The third-order valence-electron chi connectivity index (χ3n) is 4.71. The lowest BCUT2D eigenvalue weighted by Crippen LogP contribution is -2.34. The number of urea groups is 1. The third-order valence-corrected chi connectivity index (χ3v) is 4.71. The second kappa shape index (κ2) is 6.95. The zero-order valence-electron chi connectivity index (χ0n) is 14.5. The predicted molar refractivity (Wildman–Crippen MR) is 96.6 cm³/mol. The Morgan fingerprint density at radius 3 is 2.67 bits per heavy atom. The number of amides is 2. The highest BCUT2D eigenvalue weighted by atomic mass is 16.5. The van der Waals surface area contributed by atoms with Crippen molar-refractivity contribution >= 4 is 11.7 Å². The van der Waals surface area contributed by atoms with Crippen molar-refractivity contribution in [1.29, 1.82) is 0 Å². The number of carbonyl (C=O) groups excluding carboxylic acids is 1. The fourth-order valence-electron chi connectivity index (χ4n) is 3.45. The molecule has 1 unspecified atom stereocenters. The molecule has 126 valence electrons. The average molecular weight is 324 g/mol. The van der Waals surface area contributed by atoms with Gasteiger partial charge in [0.05, 0.1) is 13.2 Å². The summed E-state index contributed by atoms with van der Waals surface area (Å²) in [5.41, 5.74) is 4.29. The molecule has 0 spiro atoms. The maximum absolute atomic E-state index is 12.8. The summed E-state index contributed by atoms with van der Waals surface area (Å²) in [6.07, 6.45) is 2.05. The van der Waals surface area contributed by atoms with Gasteiger partial charge in [0.1, 0.15) is 5.75 Å². The minimum atomic E-state index is -0.0367. The van der Waals surface area contributed by atoms with Gasteiger partial charge in [-0.3, -0.25) is 0 Å². The summed E-state index contributed by atoms with van der Waals surface area (Å²) in [6, 6.07) is 14.1. The van der Waals surface area contributed by atoms with E-state index in [1.165, 1.54) is 11.1 Å². The summed E-state index contributed by atoms with van der Waals surface area (Å²) in [7, 11) is 1.65. The van der Waals surface area contributed by atoms with Crippen LogP contribution in [0.2, 0.25) is 0 Å². The largest absolute Gasteiger partial charge is 0.496 e. The van der Waals surface area contributed by atoms with Crippen LogP contribution >= 0.6 is 0 Å². The Bertz CT molecular complexity index is 742. The van der Waals surface area contributed by atoms with Crippen LogP contribution < -0.4 is 10.1 Å². The van der Waals surface area contributed by atoms with Crippen LogP contribution in [0.15, 0.2) is 42.5 Å². The highest BCUT2D eigenvalue weighted by Crippen LogP contribution is 2.34. The molecule has 1 fully saturated rings. The summed E-state index contributed by atoms with van der Waals surface area (Å²) in [5, 5.41) is 3.03. The van der Waals surface area contributed by atoms with E-state index in [2.05, 4.69) is 24.4 Å². The number of ether oxygens (including phenoxy) is 1. The first-order valence-electron chi connectivity index (χ1n) is 8.38. The van der Waals surface area contributed by atoms with E-state index in [9.17, 15) is 4.79 Å². The van der Waals surface area contributed by atoms with E-state index in [4.69, 9.17) is 4.74 Å². The molecule has 0 saturated carbocycles. The van der Waals surface area contributed by atoms with Crippen molar-refractivity contribution < 1.29 is 9.53 Å². The lowest BCUT2D eigenvalue weighted by Gasteiger charge is -2.26. The number of benzene rings is 2. The molecule has 2 amide bonds. The number of anilines is 1. The molecule has 1 aliphatic rings. The zero-order chi connectivity index (χ0) is 17.1. The number of likely N-dealkylation sites (tertiary alicyclic amines) is 1. The maximum atomic E-state index is 12.8. The van der Waals surface area contributed by atoms with Crippen molar-refractivity contribution in [2.24, 2.45) is 0 Å². The molecule has 0 bridgehead atoms. The predicted octanol–water partition coefficient (Wildman–Crippen LogP) is 4.68. The topological polar surface area (TPSA) is 41.6 Å². The van der Waals surface area contributed by atoms with E-state index in [0.717, 1.165) is 36.4 Å². The molecule has 1 atom stereocenters. The Balaban J connectivity index is 1.77. The molecule has 3 rings (SSSR count). The van der Waals surface area contributed by atoms with E-state index in [-0.39, 0.29) is 12.1 Å². The van der Waals surface area contributed by atoms with Crippen molar-refractivity contribution in [3.8, 4) is 5.75 Å². The Morgan fingerprint density at radius 2 is 1.96 bits per heavy atom. The number of aryl methyl sites for hydroxylation is 2.